The maximum atomic E-state index is 14.6. The van der Waals surface area contributed by atoms with Crippen LogP contribution >= 0.6 is 0 Å². The Labute approximate surface area is 222 Å². The zero-order valence-electron chi connectivity index (χ0n) is 22.7. The van der Waals surface area contributed by atoms with Gasteiger partial charge in [0.15, 0.2) is 11.5 Å². The van der Waals surface area contributed by atoms with E-state index >= 15 is 0 Å². The van der Waals surface area contributed by atoms with Gasteiger partial charge in [0.2, 0.25) is 11.6 Å². The molecule has 4 rings (SSSR count). The highest BCUT2D eigenvalue weighted by Gasteiger charge is 2.43. The fraction of sp³-hybridized carbons (Fsp3) is 0.719. The van der Waals surface area contributed by atoms with Crippen LogP contribution in [0.5, 0.6) is 11.5 Å². The molecule has 5 heteroatoms. The largest absolute Gasteiger partial charge is 0.486 e. The molecule has 206 valence electrons. The fourth-order valence-electron chi connectivity index (χ4n) is 7.57. The highest BCUT2D eigenvalue weighted by atomic mass is 19.2. The van der Waals surface area contributed by atoms with Gasteiger partial charge in [-0.3, -0.25) is 4.79 Å². The molecule has 3 aliphatic carbocycles. The summed E-state index contributed by atoms with van der Waals surface area (Å²) >= 11 is 0. The molecule has 0 saturated heterocycles. The minimum atomic E-state index is -1.17. The first-order chi connectivity index (χ1) is 18.0. The number of ether oxygens (including phenoxy) is 2. The molecule has 37 heavy (non-hydrogen) atoms. The van der Waals surface area contributed by atoms with Gasteiger partial charge in [0.25, 0.3) is 0 Å². The standard InChI is InChI=1S/C32H46F2O3/c1-3-5-6-7-9-22-12-14-23(15-13-22)24-16-17-26-25(21-24)10-8-11-27(26)32(35)37-29-19-18-28(36-20-4-2)30(33)31(29)34/h4,18-19,22-27H,2-3,5-17,20-21H2,1H3. The molecule has 4 atom stereocenters. The Hall–Kier alpha value is -1.91. The smallest absolute Gasteiger partial charge is 0.314 e. The Balaban J connectivity index is 1.28. The molecule has 3 saturated carbocycles. The molecule has 0 aliphatic heterocycles. The quantitative estimate of drug-likeness (QED) is 0.127. The van der Waals surface area contributed by atoms with Crippen LogP contribution in [0.25, 0.3) is 0 Å². The summed E-state index contributed by atoms with van der Waals surface area (Å²) in [7, 11) is 0. The summed E-state index contributed by atoms with van der Waals surface area (Å²) in [5.41, 5.74) is 0. The zero-order valence-corrected chi connectivity index (χ0v) is 22.7. The SMILES string of the molecule is C=CCOc1ccc(OC(=O)C2CCCC3CC(C4CCC(CCCCCC)CC4)CCC32)c(F)c1F. The average molecular weight is 517 g/mol. The lowest BCUT2D eigenvalue weighted by atomic mass is 9.59. The summed E-state index contributed by atoms with van der Waals surface area (Å²) in [6.45, 7) is 5.86. The van der Waals surface area contributed by atoms with E-state index in [1.165, 1.54) is 95.3 Å². The number of halogens is 2. The molecule has 0 heterocycles. The van der Waals surface area contributed by atoms with Crippen molar-refractivity contribution in [1.29, 1.82) is 0 Å². The minimum absolute atomic E-state index is 0.0715. The Bertz CT molecular complexity index is 892. The summed E-state index contributed by atoms with van der Waals surface area (Å²) in [6, 6.07) is 2.59. The van der Waals surface area contributed by atoms with Crippen LogP contribution < -0.4 is 9.47 Å². The van der Waals surface area contributed by atoms with Gasteiger partial charge in [0.05, 0.1) is 5.92 Å². The van der Waals surface area contributed by atoms with Crippen molar-refractivity contribution in [3.05, 3.63) is 36.4 Å². The van der Waals surface area contributed by atoms with Crippen LogP contribution in [0.3, 0.4) is 0 Å². The van der Waals surface area contributed by atoms with Gasteiger partial charge in [-0.15, -0.1) is 0 Å². The van der Waals surface area contributed by atoms with E-state index in [1.807, 2.05) is 0 Å². The van der Waals surface area contributed by atoms with E-state index in [9.17, 15) is 13.6 Å². The first kappa shape index (κ1) is 28.1. The maximum absolute atomic E-state index is 14.6. The van der Waals surface area contributed by atoms with Crippen LogP contribution in [0.1, 0.15) is 103 Å². The summed E-state index contributed by atoms with van der Waals surface area (Å²) in [6.07, 6.45) is 20.3. The molecular formula is C32H46F2O3. The highest BCUT2D eigenvalue weighted by molar-refractivity contribution is 5.75. The van der Waals surface area contributed by atoms with Gasteiger partial charge in [-0.05, 0) is 80.2 Å². The second-order valence-electron chi connectivity index (χ2n) is 11.9. The van der Waals surface area contributed by atoms with Gasteiger partial charge < -0.3 is 9.47 Å². The molecule has 1 aromatic rings. The molecule has 3 aliphatic rings. The molecule has 0 N–H and O–H groups in total. The van der Waals surface area contributed by atoms with Gasteiger partial charge in [-0.1, -0.05) is 77.4 Å². The van der Waals surface area contributed by atoms with Crippen molar-refractivity contribution >= 4 is 5.97 Å². The number of fused-ring (bicyclic) bond motifs is 1. The third-order valence-electron chi connectivity index (χ3n) is 9.59. The predicted molar refractivity (Wildman–Crippen MR) is 144 cm³/mol. The number of hydrogen-bond acceptors (Lipinski definition) is 3. The average Bonchev–Trinajstić information content (AvgIpc) is 2.93. The number of esters is 1. The fourth-order valence-corrected chi connectivity index (χ4v) is 7.57. The number of rotatable bonds is 11. The van der Waals surface area contributed by atoms with E-state index in [-0.39, 0.29) is 24.0 Å². The Morgan fingerprint density at radius 2 is 1.65 bits per heavy atom. The first-order valence-electron chi connectivity index (χ1n) is 14.9. The normalized spacial score (nSPS) is 29.8. The van der Waals surface area contributed by atoms with Crippen molar-refractivity contribution in [2.75, 3.05) is 6.61 Å². The van der Waals surface area contributed by atoms with Crippen LogP contribution in [0, 0.1) is 47.1 Å². The van der Waals surface area contributed by atoms with Gasteiger partial charge in [0.1, 0.15) is 6.61 Å². The Morgan fingerprint density at radius 1 is 0.919 bits per heavy atom. The maximum Gasteiger partial charge on any atom is 0.314 e. The van der Waals surface area contributed by atoms with Crippen LogP contribution in [0.2, 0.25) is 0 Å². The lowest BCUT2D eigenvalue weighted by molar-refractivity contribution is -0.144. The van der Waals surface area contributed by atoms with Crippen LogP contribution in [-0.4, -0.2) is 12.6 Å². The summed E-state index contributed by atoms with van der Waals surface area (Å²) in [5, 5.41) is 0. The molecule has 0 spiro atoms. The molecule has 3 fully saturated rings. The number of benzene rings is 1. The van der Waals surface area contributed by atoms with Gasteiger partial charge in [-0.25, -0.2) is 0 Å². The number of hydrogen-bond donors (Lipinski definition) is 0. The van der Waals surface area contributed by atoms with Crippen molar-refractivity contribution in [3.63, 3.8) is 0 Å². The van der Waals surface area contributed by atoms with E-state index in [2.05, 4.69) is 13.5 Å². The number of unbranched alkanes of at least 4 members (excludes halogenated alkanes) is 3. The van der Waals surface area contributed by atoms with E-state index in [4.69, 9.17) is 9.47 Å². The zero-order chi connectivity index (χ0) is 26.2. The second kappa shape index (κ2) is 13.8. The molecule has 1 aromatic carbocycles. The Morgan fingerprint density at radius 3 is 2.41 bits per heavy atom. The third kappa shape index (κ3) is 7.15. The van der Waals surface area contributed by atoms with Crippen LogP contribution in [0.4, 0.5) is 8.78 Å². The van der Waals surface area contributed by atoms with Crippen molar-refractivity contribution in [1.82, 2.24) is 0 Å². The monoisotopic (exact) mass is 516 g/mol. The van der Waals surface area contributed by atoms with Crippen molar-refractivity contribution in [2.24, 2.45) is 35.5 Å². The molecular weight excluding hydrogens is 470 g/mol. The lowest BCUT2D eigenvalue weighted by Gasteiger charge is -2.46. The van der Waals surface area contributed by atoms with E-state index < -0.39 is 17.6 Å². The predicted octanol–water partition coefficient (Wildman–Crippen LogP) is 9.04. The van der Waals surface area contributed by atoms with Crippen molar-refractivity contribution in [2.45, 2.75) is 103 Å². The molecule has 0 bridgehead atoms. The molecule has 3 nitrogen and oxygen atoms in total. The summed E-state index contributed by atoms with van der Waals surface area (Å²) in [5.74, 6) is -0.0840. The highest BCUT2D eigenvalue weighted by Crippen LogP contribution is 2.50. The van der Waals surface area contributed by atoms with Gasteiger partial charge >= 0.3 is 5.97 Å². The second-order valence-corrected chi connectivity index (χ2v) is 11.9. The van der Waals surface area contributed by atoms with E-state index in [1.54, 1.807) is 0 Å². The first-order valence-corrected chi connectivity index (χ1v) is 14.9. The van der Waals surface area contributed by atoms with E-state index in [0.29, 0.717) is 11.8 Å². The lowest BCUT2D eigenvalue weighted by Crippen LogP contribution is -2.40. The Kier molecular flexibility index (Phi) is 10.5. The van der Waals surface area contributed by atoms with Crippen molar-refractivity contribution < 1.29 is 23.0 Å². The van der Waals surface area contributed by atoms with Crippen LogP contribution in [0.15, 0.2) is 24.8 Å². The summed E-state index contributed by atoms with van der Waals surface area (Å²) in [4.78, 5) is 13.1. The van der Waals surface area contributed by atoms with Crippen molar-refractivity contribution in [3.8, 4) is 11.5 Å². The number of carbonyl (C=O) groups is 1. The van der Waals surface area contributed by atoms with Gasteiger partial charge in [0, 0.05) is 0 Å². The molecule has 0 amide bonds. The molecule has 0 aromatic heterocycles. The van der Waals surface area contributed by atoms with Gasteiger partial charge in [-0.2, -0.15) is 8.78 Å². The minimum Gasteiger partial charge on any atom is -0.486 e. The third-order valence-corrected chi connectivity index (χ3v) is 9.59. The molecule has 0 radical (unpaired) electrons. The topological polar surface area (TPSA) is 35.5 Å². The van der Waals surface area contributed by atoms with E-state index in [0.717, 1.165) is 37.0 Å². The van der Waals surface area contributed by atoms with Crippen LogP contribution in [-0.2, 0) is 4.79 Å². The number of carbonyl (C=O) groups excluding carboxylic acids is 1. The summed E-state index contributed by atoms with van der Waals surface area (Å²) < 4.78 is 39.5. The molecule has 4 unspecified atom stereocenters.